The molecular weight excluding hydrogens is 321 g/mol. The maximum Gasteiger partial charge on any atom is 0.202 e. The molecule has 4 rings (SSSR count). The minimum atomic E-state index is -0.400. The van der Waals surface area contributed by atoms with E-state index in [0.717, 1.165) is 0 Å². The zero-order valence-corrected chi connectivity index (χ0v) is 13.7. The number of nitrogens with two attached hydrogens (primary N) is 1. The van der Waals surface area contributed by atoms with Crippen molar-refractivity contribution in [2.75, 3.05) is 12.8 Å². The number of rotatable bonds is 2. The van der Waals surface area contributed by atoms with Crippen molar-refractivity contribution in [1.82, 2.24) is 9.55 Å². The molecule has 2 aromatic carbocycles. The van der Waals surface area contributed by atoms with E-state index in [9.17, 15) is 9.50 Å². The van der Waals surface area contributed by atoms with E-state index >= 15 is 0 Å². The lowest BCUT2D eigenvalue weighted by atomic mass is 9.99. The first kappa shape index (κ1) is 15.3. The van der Waals surface area contributed by atoms with Crippen LogP contribution in [0, 0.1) is 5.82 Å². The average molecular weight is 337 g/mol. The van der Waals surface area contributed by atoms with Crippen LogP contribution in [0.3, 0.4) is 0 Å². The van der Waals surface area contributed by atoms with Crippen LogP contribution < -0.4 is 10.5 Å². The molecule has 2 heterocycles. The molecule has 3 N–H and O–H groups in total. The molecule has 126 valence electrons. The Morgan fingerprint density at radius 1 is 1.20 bits per heavy atom. The fraction of sp³-hybridized carbons (Fsp3) is 0.105. The standard InChI is InChI=1S/C19H16FN3O2/c1-23-9-13-16(19(23)24)17(21)11-6-3-5-10(18(11)22-13)15-12(20)7-4-8-14(15)25-2/h3-9,24H,21H2,1-2H3. The van der Waals surface area contributed by atoms with Gasteiger partial charge in [-0.05, 0) is 12.1 Å². The van der Waals surface area contributed by atoms with E-state index in [2.05, 4.69) is 4.98 Å². The second-order valence-electron chi connectivity index (χ2n) is 5.87. The molecule has 2 aromatic heterocycles. The Morgan fingerprint density at radius 3 is 2.72 bits per heavy atom. The second kappa shape index (κ2) is 5.37. The van der Waals surface area contributed by atoms with Gasteiger partial charge < -0.3 is 20.1 Å². The maximum atomic E-state index is 14.6. The quantitative estimate of drug-likeness (QED) is 0.583. The van der Waals surface area contributed by atoms with Gasteiger partial charge in [0.2, 0.25) is 5.88 Å². The fourth-order valence-corrected chi connectivity index (χ4v) is 3.22. The fourth-order valence-electron chi connectivity index (χ4n) is 3.22. The molecule has 5 nitrogen and oxygen atoms in total. The molecule has 0 aliphatic heterocycles. The molecule has 25 heavy (non-hydrogen) atoms. The molecule has 0 bridgehead atoms. The molecule has 0 fully saturated rings. The summed E-state index contributed by atoms with van der Waals surface area (Å²) in [7, 11) is 3.21. The zero-order chi connectivity index (χ0) is 17.7. The topological polar surface area (TPSA) is 73.3 Å². The van der Waals surface area contributed by atoms with Crippen LogP contribution in [0.15, 0.2) is 42.6 Å². The van der Waals surface area contributed by atoms with E-state index < -0.39 is 5.82 Å². The first-order chi connectivity index (χ1) is 12.0. The number of fused-ring (bicyclic) bond motifs is 2. The molecule has 0 unspecified atom stereocenters. The van der Waals surface area contributed by atoms with Crippen molar-refractivity contribution in [3.05, 3.63) is 48.4 Å². The number of hydrogen-bond donors (Lipinski definition) is 2. The molecular formula is C19H16FN3O2. The lowest BCUT2D eigenvalue weighted by molar-refractivity contribution is 0.413. The minimum absolute atomic E-state index is 0.0516. The number of para-hydroxylation sites is 1. The number of methoxy groups -OCH3 is 1. The Kier molecular flexibility index (Phi) is 3.28. The number of benzene rings is 2. The van der Waals surface area contributed by atoms with Crippen LogP contribution in [0.1, 0.15) is 0 Å². The van der Waals surface area contributed by atoms with Crippen molar-refractivity contribution >= 4 is 27.5 Å². The molecule has 0 radical (unpaired) electrons. The van der Waals surface area contributed by atoms with E-state index in [-0.39, 0.29) is 5.88 Å². The monoisotopic (exact) mass is 337 g/mol. The molecule has 0 aliphatic carbocycles. The summed E-state index contributed by atoms with van der Waals surface area (Å²) in [6.07, 6.45) is 1.69. The third-order valence-electron chi connectivity index (χ3n) is 4.42. The van der Waals surface area contributed by atoms with Gasteiger partial charge in [0, 0.05) is 24.2 Å². The first-order valence-corrected chi connectivity index (χ1v) is 7.72. The SMILES string of the molecule is COc1cccc(F)c1-c1cccc2c(N)c3c(O)n(C)cc3nc12. The summed E-state index contributed by atoms with van der Waals surface area (Å²) in [6, 6.07) is 10.1. The van der Waals surface area contributed by atoms with Crippen LogP contribution in [0.5, 0.6) is 11.6 Å². The molecule has 0 amide bonds. The summed E-state index contributed by atoms with van der Waals surface area (Å²) >= 11 is 0. The third-order valence-corrected chi connectivity index (χ3v) is 4.42. The van der Waals surface area contributed by atoms with Gasteiger partial charge in [0.25, 0.3) is 0 Å². The highest BCUT2D eigenvalue weighted by Gasteiger charge is 2.19. The van der Waals surface area contributed by atoms with E-state index in [1.54, 1.807) is 48.1 Å². The van der Waals surface area contributed by atoms with Crippen LogP contribution in [0.4, 0.5) is 10.1 Å². The number of aromatic nitrogens is 2. The van der Waals surface area contributed by atoms with Crippen LogP contribution in [-0.2, 0) is 7.05 Å². The number of halogens is 1. The van der Waals surface area contributed by atoms with Gasteiger partial charge in [-0.3, -0.25) is 0 Å². The molecule has 0 spiro atoms. The second-order valence-corrected chi connectivity index (χ2v) is 5.87. The predicted molar refractivity (Wildman–Crippen MR) is 96.2 cm³/mol. The molecule has 6 heteroatoms. The first-order valence-electron chi connectivity index (χ1n) is 7.72. The Morgan fingerprint density at radius 2 is 1.96 bits per heavy atom. The Labute approximate surface area is 143 Å². The predicted octanol–water partition coefficient (Wildman–Crippen LogP) is 3.83. The summed E-state index contributed by atoms with van der Waals surface area (Å²) in [5.74, 6) is 0.0721. The number of nitrogens with zero attached hydrogens (tertiary/aromatic N) is 2. The van der Waals surface area contributed by atoms with E-state index in [1.165, 1.54) is 13.2 Å². The van der Waals surface area contributed by atoms with Crippen molar-refractivity contribution in [3.63, 3.8) is 0 Å². The van der Waals surface area contributed by atoms with Gasteiger partial charge in [0.05, 0.1) is 34.8 Å². The van der Waals surface area contributed by atoms with E-state index in [0.29, 0.717) is 44.4 Å². The summed E-state index contributed by atoms with van der Waals surface area (Å²) in [6.45, 7) is 0. The van der Waals surface area contributed by atoms with Crippen LogP contribution in [0.2, 0.25) is 0 Å². The molecule has 4 aromatic rings. The van der Waals surface area contributed by atoms with Crippen molar-refractivity contribution in [3.8, 4) is 22.8 Å². The van der Waals surface area contributed by atoms with Crippen molar-refractivity contribution < 1.29 is 14.2 Å². The van der Waals surface area contributed by atoms with Crippen molar-refractivity contribution in [1.29, 1.82) is 0 Å². The number of aryl methyl sites for hydroxylation is 1. The highest BCUT2D eigenvalue weighted by Crippen LogP contribution is 2.41. The number of pyridine rings is 1. The normalized spacial score (nSPS) is 11.3. The summed E-state index contributed by atoms with van der Waals surface area (Å²) < 4.78 is 21.4. The van der Waals surface area contributed by atoms with Crippen LogP contribution in [0.25, 0.3) is 32.9 Å². The van der Waals surface area contributed by atoms with E-state index in [1.807, 2.05) is 0 Å². The largest absolute Gasteiger partial charge is 0.496 e. The summed E-state index contributed by atoms with van der Waals surface area (Å²) in [5.41, 5.74) is 8.73. The van der Waals surface area contributed by atoms with Gasteiger partial charge in [0.15, 0.2) is 0 Å². The minimum Gasteiger partial charge on any atom is -0.496 e. The highest BCUT2D eigenvalue weighted by atomic mass is 19.1. The number of nitrogen functional groups attached to an aromatic ring is 1. The van der Waals surface area contributed by atoms with Gasteiger partial charge in [-0.2, -0.15) is 0 Å². The average Bonchev–Trinajstić information content (AvgIpc) is 2.89. The smallest absolute Gasteiger partial charge is 0.202 e. The van der Waals surface area contributed by atoms with Gasteiger partial charge in [-0.1, -0.05) is 24.3 Å². The van der Waals surface area contributed by atoms with Crippen molar-refractivity contribution in [2.45, 2.75) is 0 Å². The zero-order valence-electron chi connectivity index (χ0n) is 13.7. The molecule has 0 saturated carbocycles. The lowest BCUT2D eigenvalue weighted by Crippen LogP contribution is -1.96. The number of aromatic hydroxyl groups is 1. The Bertz CT molecular complexity index is 1130. The van der Waals surface area contributed by atoms with Gasteiger partial charge in [-0.25, -0.2) is 9.37 Å². The highest BCUT2D eigenvalue weighted by molar-refractivity contribution is 6.12. The van der Waals surface area contributed by atoms with Gasteiger partial charge >= 0.3 is 0 Å². The van der Waals surface area contributed by atoms with Gasteiger partial charge in [0.1, 0.15) is 11.6 Å². The molecule has 0 aliphatic rings. The third kappa shape index (κ3) is 2.11. The number of anilines is 1. The molecule has 0 atom stereocenters. The van der Waals surface area contributed by atoms with E-state index in [4.69, 9.17) is 10.5 Å². The van der Waals surface area contributed by atoms with Crippen LogP contribution in [-0.4, -0.2) is 21.8 Å². The van der Waals surface area contributed by atoms with Gasteiger partial charge in [-0.15, -0.1) is 0 Å². The number of ether oxygens (including phenoxy) is 1. The Balaban J connectivity index is 2.16. The summed E-state index contributed by atoms with van der Waals surface area (Å²) in [4.78, 5) is 4.63. The summed E-state index contributed by atoms with van der Waals surface area (Å²) in [5, 5.41) is 11.4. The van der Waals surface area contributed by atoms with Crippen molar-refractivity contribution in [2.24, 2.45) is 7.05 Å². The van der Waals surface area contributed by atoms with Crippen LogP contribution >= 0.6 is 0 Å². The maximum absolute atomic E-state index is 14.6. The number of hydrogen-bond acceptors (Lipinski definition) is 4. The lowest BCUT2D eigenvalue weighted by Gasteiger charge is -2.13. The Hall–Kier alpha value is -3.28. The molecule has 0 saturated heterocycles.